The predicted molar refractivity (Wildman–Crippen MR) is 67.1 cm³/mol. The summed E-state index contributed by atoms with van der Waals surface area (Å²) in [5.74, 6) is 0.777. The number of anilines is 1. The van der Waals surface area contributed by atoms with Gasteiger partial charge in [-0.3, -0.25) is 10.1 Å². The van der Waals surface area contributed by atoms with Crippen LogP contribution in [0.25, 0.3) is 0 Å². The molecule has 1 aromatic rings. The van der Waals surface area contributed by atoms with Crippen LogP contribution in [-0.2, 0) is 4.74 Å². The summed E-state index contributed by atoms with van der Waals surface area (Å²) in [6.45, 7) is 2.40. The zero-order valence-corrected chi connectivity index (χ0v) is 10.2. The third-order valence-corrected chi connectivity index (χ3v) is 3.00. The van der Waals surface area contributed by atoms with Gasteiger partial charge in [0.2, 0.25) is 0 Å². The molecular formula is C12H16N2O4. The summed E-state index contributed by atoms with van der Waals surface area (Å²) >= 11 is 0. The van der Waals surface area contributed by atoms with Crippen LogP contribution in [0.3, 0.4) is 0 Å². The molecule has 0 saturated carbocycles. The summed E-state index contributed by atoms with van der Waals surface area (Å²) in [6.07, 6.45) is 1.05. The molecule has 0 amide bonds. The van der Waals surface area contributed by atoms with E-state index in [1.165, 1.54) is 13.2 Å². The summed E-state index contributed by atoms with van der Waals surface area (Å²) in [4.78, 5) is 10.3. The Bertz CT molecular complexity index is 430. The van der Waals surface area contributed by atoms with Gasteiger partial charge in [-0.15, -0.1) is 0 Å². The molecule has 6 heteroatoms. The predicted octanol–water partition coefficient (Wildman–Crippen LogP) is 2.05. The first kappa shape index (κ1) is 12.6. The van der Waals surface area contributed by atoms with Gasteiger partial charge in [-0.05, 0) is 12.5 Å². The van der Waals surface area contributed by atoms with Crippen LogP contribution in [0.2, 0.25) is 0 Å². The summed E-state index contributed by atoms with van der Waals surface area (Å²) < 4.78 is 10.3. The van der Waals surface area contributed by atoms with E-state index in [4.69, 9.17) is 9.47 Å². The van der Waals surface area contributed by atoms with Crippen LogP contribution in [0.5, 0.6) is 5.75 Å². The summed E-state index contributed by atoms with van der Waals surface area (Å²) in [6, 6.07) is 4.79. The highest BCUT2D eigenvalue weighted by atomic mass is 16.6. The van der Waals surface area contributed by atoms with Crippen LogP contribution < -0.4 is 10.1 Å². The number of ether oxygens (including phenoxy) is 2. The monoisotopic (exact) mass is 252 g/mol. The maximum Gasteiger partial charge on any atom is 0.311 e. The summed E-state index contributed by atoms with van der Waals surface area (Å²) in [5, 5.41) is 14.0. The van der Waals surface area contributed by atoms with Crippen molar-refractivity contribution in [2.24, 2.45) is 5.92 Å². The largest absolute Gasteiger partial charge is 0.490 e. The van der Waals surface area contributed by atoms with Crippen molar-refractivity contribution in [3.8, 4) is 5.75 Å². The topological polar surface area (TPSA) is 73.6 Å². The standard InChI is InChI=1S/C12H16N2O4/c1-17-12-6-10(2-3-11(12)14(15)16)13-7-9-4-5-18-8-9/h2-3,6,9,13H,4-5,7-8H2,1H3. The fourth-order valence-corrected chi connectivity index (χ4v) is 1.94. The lowest BCUT2D eigenvalue weighted by atomic mass is 10.1. The minimum Gasteiger partial charge on any atom is -0.490 e. The Labute approximate surface area is 105 Å². The number of hydrogen-bond donors (Lipinski definition) is 1. The van der Waals surface area contributed by atoms with Gasteiger partial charge in [0, 0.05) is 36.9 Å². The highest BCUT2D eigenvalue weighted by molar-refractivity contribution is 5.57. The Kier molecular flexibility index (Phi) is 3.99. The molecule has 1 saturated heterocycles. The Balaban J connectivity index is 2.02. The van der Waals surface area contributed by atoms with Gasteiger partial charge in [-0.1, -0.05) is 0 Å². The van der Waals surface area contributed by atoms with E-state index in [0.717, 1.165) is 31.9 Å². The van der Waals surface area contributed by atoms with Crippen molar-refractivity contribution in [1.82, 2.24) is 0 Å². The van der Waals surface area contributed by atoms with Gasteiger partial charge in [0.15, 0.2) is 5.75 Å². The fraction of sp³-hybridized carbons (Fsp3) is 0.500. The SMILES string of the molecule is COc1cc(NCC2CCOC2)ccc1[N+](=O)[O-]. The molecule has 6 nitrogen and oxygen atoms in total. The quantitative estimate of drug-likeness (QED) is 0.641. The van der Waals surface area contributed by atoms with Crippen molar-refractivity contribution >= 4 is 11.4 Å². The number of nitrogens with zero attached hydrogens (tertiary/aromatic N) is 1. The molecule has 1 N–H and O–H groups in total. The first-order valence-corrected chi connectivity index (χ1v) is 5.84. The van der Waals surface area contributed by atoms with Crippen molar-refractivity contribution in [1.29, 1.82) is 0 Å². The number of nitrogens with one attached hydrogen (secondary N) is 1. The van der Waals surface area contributed by atoms with E-state index in [-0.39, 0.29) is 11.4 Å². The minimum absolute atomic E-state index is 0.0211. The van der Waals surface area contributed by atoms with E-state index >= 15 is 0 Å². The lowest BCUT2D eigenvalue weighted by Gasteiger charge is -2.11. The molecule has 0 bridgehead atoms. The van der Waals surface area contributed by atoms with Gasteiger partial charge in [0.1, 0.15) is 0 Å². The number of nitro groups is 1. The van der Waals surface area contributed by atoms with Crippen LogP contribution in [0.4, 0.5) is 11.4 Å². The zero-order valence-electron chi connectivity index (χ0n) is 10.2. The zero-order chi connectivity index (χ0) is 13.0. The molecule has 1 fully saturated rings. The van der Waals surface area contributed by atoms with Crippen LogP contribution in [0.15, 0.2) is 18.2 Å². The van der Waals surface area contributed by atoms with E-state index < -0.39 is 4.92 Å². The van der Waals surface area contributed by atoms with Gasteiger partial charge in [-0.2, -0.15) is 0 Å². The van der Waals surface area contributed by atoms with Crippen molar-refractivity contribution in [3.63, 3.8) is 0 Å². The van der Waals surface area contributed by atoms with E-state index in [0.29, 0.717) is 5.92 Å². The Morgan fingerprint density at radius 2 is 2.44 bits per heavy atom. The van der Waals surface area contributed by atoms with Crippen LogP contribution >= 0.6 is 0 Å². The number of hydrogen-bond acceptors (Lipinski definition) is 5. The van der Waals surface area contributed by atoms with Crippen LogP contribution in [0.1, 0.15) is 6.42 Å². The molecule has 2 rings (SSSR count). The average Bonchev–Trinajstić information content (AvgIpc) is 2.88. The summed E-state index contributed by atoms with van der Waals surface area (Å²) in [5.41, 5.74) is 0.802. The summed E-state index contributed by atoms with van der Waals surface area (Å²) in [7, 11) is 1.43. The first-order chi connectivity index (χ1) is 8.70. The van der Waals surface area contributed by atoms with Crippen molar-refractivity contribution in [2.45, 2.75) is 6.42 Å². The van der Waals surface area contributed by atoms with Gasteiger partial charge >= 0.3 is 5.69 Å². The molecule has 98 valence electrons. The van der Waals surface area contributed by atoms with E-state index in [9.17, 15) is 10.1 Å². The maximum atomic E-state index is 10.7. The second kappa shape index (κ2) is 5.68. The molecule has 1 aliphatic heterocycles. The minimum atomic E-state index is -0.451. The average molecular weight is 252 g/mol. The molecule has 0 radical (unpaired) electrons. The Morgan fingerprint density at radius 1 is 1.61 bits per heavy atom. The molecule has 0 spiro atoms. The van der Waals surface area contributed by atoms with Crippen LogP contribution in [-0.4, -0.2) is 31.8 Å². The molecule has 0 aromatic heterocycles. The Morgan fingerprint density at radius 3 is 3.06 bits per heavy atom. The second-order valence-corrected chi connectivity index (χ2v) is 4.25. The Hall–Kier alpha value is -1.82. The molecule has 1 aromatic carbocycles. The van der Waals surface area contributed by atoms with Gasteiger partial charge in [0.25, 0.3) is 0 Å². The van der Waals surface area contributed by atoms with Gasteiger partial charge in [-0.25, -0.2) is 0 Å². The molecule has 1 unspecified atom stereocenters. The third-order valence-electron chi connectivity index (χ3n) is 3.00. The van der Waals surface area contributed by atoms with Gasteiger partial charge < -0.3 is 14.8 Å². The molecule has 1 atom stereocenters. The molecule has 0 aliphatic carbocycles. The smallest absolute Gasteiger partial charge is 0.311 e. The molecule has 1 aliphatic rings. The van der Waals surface area contributed by atoms with E-state index in [1.54, 1.807) is 12.1 Å². The third kappa shape index (κ3) is 2.89. The lowest BCUT2D eigenvalue weighted by molar-refractivity contribution is -0.385. The highest BCUT2D eigenvalue weighted by Gasteiger charge is 2.17. The van der Waals surface area contributed by atoms with E-state index in [2.05, 4.69) is 5.32 Å². The molecular weight excluding hydrogens is 236 g/mol. The number of nitro benzene ring substituents is 1. The normalized spacial score (nSPS) is 18.6. The number of methoxy groups -OCH3 is 1. The molecule has 18 heavy (non-hydrogen) atoms. The number of benzene rings is 1. The molecule has 1 heterocycles. The van der Waals surface area contributed by atoms with Crippen molar-refractivity contribution in [3.05, 3.63) is 28.3 Å². The van der Waals surface area contributed by atoms with Crippen molar-refractivity contribution < 1.29 is 14.4 Å². The van der Waals surface area contributed by atoms with Crippen LogP contribution in [0, 0.1) is 16.0 Å². The maximum absolute atomic E-state index is 10.7. The fourth-order valence-electron chi connectivity index (χ4n) is 1.94. The number of rotatable bonds is 5. The van der Waals surface area contributed by atoms with Gasteiger partial charge in [0.05, 0.1) is 18.6 Å². The second-order valence-electron chi connectivity index (χ2n) is 4.25. The first-order valence-electron chi connectivity index (χ1n) is 5.84. The highest BCUT2D eigenvalue weighted by Crippen LogP contribution is 2.29. The lowest BCUT2D eigenvalue weighted by Crippen LogP contribution is -2.14. The van der Waals surface area contributed by atoms with E-state index in [1.807, 2.05) is 0 Å². The van der Waals surface area contributed by atoms with Crippen molar-refractivity contribution in [2.75, 3.05) is 32.2 Å².